The average Bonchev–Trinajstić information content (AvgIpc) is 2.89. The van der Waals surface area contributed by atoms with E-state index in [1.807, 2.05) is 39.9 Å². The molecule has 0 bridgehead atoms. The molecule has 9 nitrogen and oxygen atoms in total. The maximum atomic E-state index is 13.5. The number of aliphatic hydroxyl groups excluding tert-OH is 1. The van der Waals surface area contributed by atoms with Crippen LogP contribution in [0.25, 0.3) is 0 Å². The second-order valence-corrected chi connectivity index (χ2v) is 10.7. The summed E-state index contributed by atoms with van der Waals surface area (Å²) in [5.41, 5.74) is 0.956. The van der Waals surface area contributed by atoms with Crippen LogP contribution in [0.1, 0.15) is 55.5 Å². The summed E-state index contributed by atoms with van der Waals surface area (Å²) in [6.45, 7) is 7.98. The molecular weight excluding hydrogens is 470 g/mol. The molecule has 0 unspecified atom stereocenters. The Hall–Kier alpha value is -2.67. The summed E-state index contributed by atoms with van der Waals surface area (Å²) in [7, 11) is 5.69. The van der Waals surface area contributed by atoms with Crippen LogP contribution in [0.4, 0.5) is 0 Å². The molecule has 3 rings (SSSR count). The van der Waals surface area contributed by atoms with E-state index in [0.717, 1.165) is 19.6 Å². The zero-order chi connectivity index (χ0) is 26.9. The van der Waals surface area contributed by atoms with Gasteiger partial charge in [-0.3, -0.25) is 14.5 Å². The molecule has 0 spiro atoms. The fraction of sp³-hybridized carbons (Fsp3) is 0.679. The van der Waals surface area contributed by atoms with E-state index in [4.69, 9.17) is 4.74 Å². The van der Waals surface area contributed by atoms with Crippen molar-refractivity contribution in [3.8, 4) is 17.7 Å². The normalized spacial score (nSPS) is 21.3. The Morgan fingerprint density at radius 2 is 2.00 bits per heavy atom. The van der Waals surface area contributed by atoms with Crippen LogP contribution in [-0.2, 0) is 4.79 Å². The predicted molar refractivity (Wildman–Crippen MR) is 143 cm³/mol. The van der Waals surface area contributed by atoms with E-state index < -0.39 is 0 Å². The largest absolute Gasteiger partial charge is 0.472 e. The van der Waals surface area contributed by atoms with Crippen LogP contribution in [-0.4, -0.2) is 121 Å². The quantitative estimate of drug-likeness (QED) is 0.528. The molecule has 0 saturated carbocycles. The summed E-state index contributed by atoms with van der Waals surface area (Å²) < 4.78 is 6.31. The Morgan fingerprint density at radius 3 is 2.68 bits per heavy atom. The summed E-state index contributed by atoms with van der Waals surface area (Å²) in [4.78, 5) is 38.7. The van der Waals surface area contributed by atoms with Crippen molar-refractivity contribution in [2.24, 2.45) is 5.92 Å². The van der Waals surface area contributed by atoms with Gasteiger partial charge in [-0.1, -0.05) is 25.2 Å². The molecule has 0 aliphatic carbocycles. The van der Waals surface area contributed by atoms with Crippen molar-refractivity contribution in [2.45, 2.75) is 51.7 Å². The predicted octanol–water partition coefficient (Wildman–Crippen LogP) is 1.55. The lowest BCUT2D eigenvalue weighted by Gasteiger charge is -2.37. The molecule has 2 amide bonds. The van der Waals surface area contributed by atoms with Crippen LogP contribution >= 0.6 is 0 Å². The lowest BCUT2D eigenvalue weighted by molar-refractivity contribution is -0.131. The van der Waals surface area contributed by atoms with Crippen LogP contribution in [0.3, 0.4) is 0 Å². The van der Waals surface area contributed by atoms with Crippen molar-refractivity contribution in [3.63, 3.8) is 0 Å². The first-order valence-corrected chi connectivity index (χ1v) is 13.4. The highest BCUT2D eigenvalue weighted by atomic mass is 16.5. The monoisotopic (exact) mass is 513 g/mol. The Kier molecular flexibility index (Phi) is 10.7. The SMILES string of the molecule is C[C@@H]1CN([C@H](C)CO)C(=O)c2cc(C#CCN(C)C)cnc2O[C@@H]1CN(C)C(=O)CCN1CCCCC1. The number of piperidine rings is 1. The van der Waals surface area contributed by atoms with Gasteiger partial charge in [0.2, 0.25) is 11.8 Å². The summed E-state index contributed by atoms with van der Waals surface area (Å²) >= 11 is 0. The highest BCUT2D eigenvalue weighted by Gasteiger charge is 2.34. The number of aromatic nitrogens is 1. The van der Waals surface area contributed by atoms with Crippen molar-refractivity contribution >= 4 is 11.8 Å². The number of nitrogens with zero attached hydrogens (tertiary/aromatic N) is 5. The molecule has 2 aliphatic heterocycles. The topological polar surface area (TPSA) is 89.5 Å². The third-order valence-electron chi connectivity index (χ3n) is 7.12. The molecule has 1 fully saturated rings. The smallest absolute Gasteiger partial charge is 0.259 e. The van der Waals surface area contributed by atoms with Crippen molar-refractivity contribution in [1.82, 2.24) is 24.6 Å². The number of hydrogen-bond donors (Lipinski definition) is 1. The standard InChI is InChI=1S/C28H43N5O4/c1-21-18-33(22(2)20-34)28(36)24-16-23(10-9-12-30(3)4)17-29-27(24)37-25(21)19-31(5)26(35)11-15-32-13-7-6-8-14-32/h16-17,21-22,25,34H,6-8,11-15,18-20H2,1-5H3/t21-,22-,25-/m1/s1. The van der Waals surface area contributed by atoms with Gasteiger partial charge >= 0.3 is 0 Å². The molecule has 0 radical (unpaired) electrons. The molecule has 1 N–H and O–H groups in total. The number of pyridine rings is 1. The van der Waals surface area contributed by atoms with Crippen LogP contribution in [0.5, 0.6) is 5.88 Å². The van der Waals surface area contributed by atoms with Gasteiger partial charge in [-0.15, -0.1) is 0 Å². The molecule has 9 heteroatoms. The number of fused-ring (bicyclic) bond motifs is 1. The molecule has 1 aromatic rings. The van der Waals surface area contributed by atoms with Crippen LogP contribution in [0.2, 0.25) is 0 Å². The van der Waals surface area contributed by atoms with Gasteiger partial charge in [0, 0.05) is 44.2 Å². The summed E-state index contributed by atoms with van der Waals surface area (Å²) in [5.74, 6) is 6.14. The first-order chi connectivity index (χ1) is 17.7. The van der Waals surface area contributed by atoms with Crippen molar-refractivity contribution in [2.75, 3.05) is 67.0 Å². The van der Waals surface area contributed by atoms with Crippen molar-refractivity contribution in [1.29, 1.82) is 0 Å². The fourth-order valence-electron chi connectivity index (χ4n) is 4.69. The minimum Gasteiger partial charge on any atom is -0.472 e. The lowest BCUT2D eigenvalue weighted by atomic mass is 9.99. The molecule has 3 heterocycles. The van der Waals surface area contributed by atoms with E-state index in [1.165, 1.54) is 19.3 Å². The maximum absolute atomic E-state index is 13.5. The van der Waals surface area contributed by atoms with E-state index in [1.54, 1.807) is 22.1 Å². The van der Waals surface area contributed by atoms with E-state index in [9.17, 15) is 14.7 Å². The second-order valence-electron chi connectivity index (χ2n) is 10.7. The van der Waals surface area contributed by atoms with Crippen LogP contribution in [0, 0.1) is 17.8 Å². The van der Waals surface area contributed by atoms with Gasteiger partial charge in [-0.05, 0) is 53.0 Å². The molecule has 0 aromatic carbocycles. The van der Waals surface area contributed by atoms with Crippen LogP contribution in [0.15, 0.2) is 12.3 Å². The molecule has 1 aromatic heterocycles. The Balaban J connectivity index is 1.79. The number of ether oxygens (including phenoxy) is 1. The molecule has 37 heavy (non-hydrogen) atoms. The maximum Gasteiger partial charge on any atom is 0.259 e. The van der Waals surface area contributed by atoms with E-state index in [2.05, 4.69) is 21.7 Å². The Morgan fingerprint density at radius 1 is 1.27 bits per heavy atom. The first-order valence-electron chi connectivity index (χ1n) is 13.4. The van der Waals surface area contributed by atoms with Gasteiger partial charge in [0.15, 0.2) is 0 Å². The minimum atomic E-state index is -0.367. The summed E-state index contributed by atoms with van der Waals surface area (Å²) in [6, 6.07) is 1.35. The Bertz CT molecular complexity index is 983. The van der Waals surface area contributed by atoms with E-state index in [-0.39, 0.29) is 42.4 Å². The molecule has 1 saturated heterocycles. The summed E-state index contributed by atoms with van der Waals surface area (Å²) in [6.07, 6.45) is 5.42. The molecule has 2 aliphatic rings. The number of amides is 2. The lowest BCUT2D eigenvalue weighted by Crippen LogP contribution is -2.50. The highest BCUT2D eigenvalue weighted by molar-refractivity contribution is 5.97. The number of rotatable bonds is 8. The van der Waals surface area contributed by atoms with E-state index in [0.29, 0.717) is 37.2 Å². The molecule has 204 valence electrons. The van der Waals surface area contributed by atoms with Gasteiger partial charge in [0.25, 0.3) is 5.91 Å². The number of carbonyl (C=O) groups excluding carboxylic acids is 2. The van der Waals surface area contributed by atoms with Gasteiger partial charge in [0.05, 0.1) is 25.7 Å². The minimum absolute atomic E-state index is 0.0789. The Labute approximate surface area is 221 Å². The zero-order valence-electron chi connectivity index (χ0n) is 23.1. The zero-order valence-corrected chi connectivity index (χ0v) is 23.1. The van der Waals surface area contributed by atoms with Crippen molar-refractivity contribution < 1.29 is 19.4 Å². The number of likely N-dealkylation sites (tertiary alicyclic amines) is 1. The molecule has 3 atom stereocenters. The van der Waals surface area contributed by atoms with Gasteiger partial charge < -0.3 is 24.5 Å². The van der Waals surface area contributed by atoms with Crippen LogP contribution < -0.4 is 4.74 Å². The number of carbonyl (C=O) groups is 2. The fourth-order valence-corrected chi connectivity index (χ4v) is 4.69. The first kappa shape index (κ1) is 28.9. The summed E-state index contributed by atoms with van der Waals surface area (Å²) in [5, 5.41) is 9.85. The van der Waals surface area contributed by atoms with E-state index >= 15 is 0 Å². The third kappa shape index (κ3) is 8.16. The second kappa shape index (κ2) is 13.8. The third-order valence-corrected chi connectivity index (χ3v) is 7.12. The average molecular weight is 514 g/mol. The number of likely N-dealkylation sites (N-methyl/N-ethyl adjacent to an activating group) is 1. The van der Waals surface area contributed by atoms with Gasteiger partial charge in [-0.25, -0.2) is 4.98 Å². The van der Waals surface area contributed by atoms with Crippen molar-refractivity contribution in [3.05, 3.63) is 23.4 Å². The molecular formula is C28H43N5O4. The number of hydrogen-bond acceptors (Lipinski definition) is 7. The van der Waals surface area contributed by atoms with Gasteiger partial charge in [-0.2, -0.15) is 0 Å². The van der Waals surface area contributed by atoms with Gasteiger partial charge in [0.1, 0.15) is 11.7 Å². The highest BCUT2D eigenvalue weighted by Crippen LogP contribution is 2.27. The number of aliphatic hydroxyl groups is 1.